The van der Waals surface area contributed by atoms with E-state index < -0.39 is 0 Å². The summed E-state index contributed by atoms with van der Waals surface area (Å²) in [6, 6.07) is 6.05. The van der Waals surface area contributed by atoms with Crippen LogP contribution in [-0.4, -0.2) is 37.7 Å². The zero-order valence-corrected chi connectivity index (χ0v) is 14.2. The Hall–Kier alpha value is -0.130. The highest BCUT2D eigenvalue weighted by Gasteiger charge is 2.22. The van der Waals surface area contributed by atoms with Crippen molar-refractivity contribution in [2.75, 3.05) is 26.7 Å². The van der Waals surface area contributed by atoms with Gasteiger partial charge in [-0.3, -0.25) is 4.90 Å². The van der Waals surface area contributed by atoms with Crippen LogP contribution in [0, 0.1) is 0 Å². The van der Waals surface area contributed by atoms with E-state index in [9.17, 15) is 0 Å². The molecule has 0 aliphatic carbocycles. The van der Waals surface area contributed by atoms with E-state index in [1.807, 2.05) is 18.2 Å². The molecule has 0 bridgehead atoms. The summed E-state index contributed by atoms with van der Waals surface area (Å²) in [6.45, 7) is 2.37. The van der Waals surface area contributed by atoms with Crippen molar-refractivity contribution in [3.63, 3.8) is 0 Å². The second kappa shape index (κ2) is 7.76. The van der Waals surface area contributed by atoms with Crippen LogP contribution in [0.15, 0.2) is 22.7 Å². The Morgan fingerprint density at radius 2 is 2.30 bits per heavy atom. The molecule has 1 aliphatic heterocycles. The minimum absolute atomic E-state index is 0.173. The monoisotopic (exact) mass is 360 g/mol. The average Bonchev–Trinajstić information content (AvgIpc) is 2.43. The quantitative estimate of drug-likeness (QED) is 0.871. The molecule has 2 atom stereocenters. The van der Waals surface area contributed by atoms with Crippen LogP contribution in [0.1, 0.15) is 30.9 Å². The van der Waals surface area contributed by atoms with Crippen molar-refractivity contribution >= 4 is 27.5 Å². The molecule has 0 spiro atoms. The molecule has 1 aromatic carbocycles. The normalized spacial score (nSPS) is 21.1. The topological polar surface area (TPSA) is 38.5 Å². The molecule has 2 rings (SSSR count). The predicted octanol–water partition coefficient (Wildman–Crippen LogP) is 3.60. The third-order valence-electron chi connectivity index (χ3n) is 3.84. The SMILES string of the molecule is CN(CC1CCCCO1)C(CN)c1ccc(Cl)cc1Br. The summed E-state index contributed by atoms with van der Waals surface area (Å²) < 4.78 is 6.82. The van der Waals surface area contributed by atoms with E-state index >= 15 is 0 Å². The Balaban J connectivity index is 2.06. The number of likely N-dealkylation sites (N-methyl/N-ethyl adjacent to an activating group) is 1. The van der Waals surface area contributed by atoms with Gasteiger partial charge in [0.1, 0.15) is 0 Å². The van der Waals surface area contributed by atoms with Gasteiger partial charge in [-0.1, -0.05) is 33.6 Å². The summed E-state index contributed by atoms with van der Waals surface area (Å²) >= 11 is 9.59. The largest absolute Gasteiger partial charge is 0.377 e. The second-order valence-electron chi connectivity index (χ2n) is 5.35. The van der Waals surface area contributed by atoms with E-state index in [1.165, 1.54) is 18.4 Å². The number of nitrogens with two attached hydrogens (primary N) is 1. The van der Waals surface area contributed by atoms with Gasteiger partial charge in [-0.15, -0.1) is 0 Å². The standard InChI is InChI=1S/C15H22BrClN2O/c1-19(10-12-4-2-3-7-20-12)15(9-18)13-6-5-11(17)8-14(13)16/h5-6,8,12,15H,2-4,7,9-10,18H2,1H3. The molecule has 1 aliphatic rings. The van der Waals surface area contributed by atoms with Crippen molar-refractivity contribution in [3.05, 3.63) is 33.3 Å². The van der Waals surface area contributed by atoms with Gasteiger partial charge in [0.25, 0.3) is 0 Å². The van der Waals surface area contributed by atoms with Crippen LogP contribution >= 0.6 is 27.5 Å². The molecule has 1 heterocycles. The van der Waals surface area contributed by atoms with Crippen LogP contribution in [0.3, 0.4) is 0 Å². The van der Waals surface area contributed by atoms with Gasteiger partial charge in [-0.2, -0.15) is 0 Å². The molecule has 0 amide bonds. The molecule has 2 unspecified atom stereocenters. The lowest BCUT2D eigenvalue weighted by molar-refractivity contribution is -0.00782. The molecule has 1 fully saturated rings. The van der Waals surface area contributed by atoms with Crippen molar-refractivity contribution < 1.29 is 4.74 Å². The lowest BCUT2D eigenvalue weighted by Gasteiger charge is -2.33. The van der Waals surface area contributed by atoms with Crippen LogP contribution < -0.4 is 5.73 Å². The zero-order valence-electron chi connectivity index (χ0n) is 11.8. The van der Waals surface area contributed by atoms with Crippen LogP contribution in [-0.2, 0) is 4.74 Å². The Bertz CT molecular complexity index is 438. The first-order valence-electron chi connectivity index (χ1n) is 7.08. The zero-order chi connectivity index (χ0) is 14.5. The second-order valence-corrected chi connectivity index (χ2v) is 6.64. The molecular formula is C15H22BrClN2O. The first-order valence-corrected chi connectivity index (χ1v) is 8.25. The highest BCUT2D eigenvalue weighted by molar-refractivity contribution is 9.10. The summed E-state index contributed by atoms with van der Waals surface area (Å²) in [6.07, 6.45) is 3.91. The first kappa shape index (κ1) is 16.2. The fraction of sp³-hybridized carbons (Fsp3) is 0.600. The van der Waals surface area contributed by atoms with Crippen molar-refractivity contribution in [1.29, 1.82) is 0 Å². The number of rotatable bonds is 5. The Morgan fingerprint density at radius 1 is 1.50 bits per heavy atom. The molecule has 1 aromatic rings. The van der Waals surface area contributed by atoms with Crippen molar-refractivity contribution in [3.8, 4) is 0 Å². The number of benzene rings is 1. The Labute approximate surface area is 134 Å². The average molecular weight is 362 g/mol. The van der Waals surface area contributed by atoms with Crippen molar-refractivity contribution in [2.24, 2.45) is 5.73 Å². The number of hydrogen-bond acceptors (Lipinski definition) is 3. The van der Waals surface area contributed by atoms with Crippen LogP contribution in [0.4, 0.5) is 0 Å². The highest BCUT2D eigenvalue weighted by atomic mass is 79.9. The molecule has 2 N–H and O–H groups in total. The van der Waals surface area contributed by atoms with E-state index in [4.69, 9.17) is 22.1 Å². The maximum atomic E-state index is 6.01. The van der Waals surface area contributed by atoms with E-state index in [-0.39, 0.29) is 6.04 Å². The molecule has 0 radical (unpaired) electrons. The molecule has 0 saturated carbocycles. The Morgan fingerprint density at radius 3 is 2.90 bits per heavy atom. The number of nitrogens with zero attached hydrogens (tertiary/aromatic N) is 1. The first-order chi connectivity index (χ1) is 9.61. The summed E-state index contributed by atoms with van der Waals surface area (Å²) in [4.78, 5) is 2.28. The molecule has 112 valence electrons. The maximum absolute atomic E-state index is 6.01. The molecule has 1 saturated heterocycles. The van der Waals surface area contributed by atoms with Gasteiger partial charge < -0.3 is 10.5 Å². The summed E-state index contributed by atoms with van der Waals surface area (Å²) in [5.41, 5.74) is 7.16. The van der Waals surface area contributed by atoms with Gasteiger partial charge in [0.05, 0.1) is 6.10 Å². The van der Waals surface area contributed by atoms with Crippen molar-refractivity contribution in [2.45, 2.75) is 31.4 Å². The van der Waals surface area contributed by atoms with Gasteiger partial charge >= 0.3 is 0 Å². The minimum Gasteiger partial charge on any atom is -0.377 e. The highest BCUT2D eigenvalue weighted by Crippen LogP contribution is 2.29. The third kappa shape index (κ3) is 4.18. The van der Waals surface area contributed by atoms with Gasteiger partial charge in [0.2, 0.25) is 0 Å². The van der Waals surface area contributed by atoms with E-state index in [1.54, 1.807) is 0 Å². The summed E-state index contributed by atoms with van der Waals surface area (Å²) in [5, 5.41) is 0.731. The predicted molar refractivity (Wildman–Crippen MR) is 87.2 cm³/mol. The fourth-order valence-electron chi connectivity index (χ4n) is 2.72. The maximum Gasteiger partial charge on any atom is 0.0702 e. The number of halogens is 2. The van der Waals surface area contributed by atoms with E-state index in [0.29, 0.717) is 12.6 Å². The lowest BCUT2D eigenvalue weighted by Crippen LogP contribution is -2.38. The fourth-order valence-corrected chi connectivity index (χ4v) is 3.66. The number of ether oxygens (including phenoxy) is 1. The van der Waals surface area contributed by atoms with E-state index in [0.717, 1.165) is 29.1 Å². The Kier molecular flexibility index (Phi) is 6.30. The minimum atomic E-state index is 0.173. The summed E-state index contributed by atoms with van der Waals surface area (Å²) in [5.74, 6) is 0. The van der Waals surface area contributed by atoms with Crippen LogP contribution in [0.25, 0.3) is 0 Å². The van der Waals surface area contributed by atoms with Gasteiger partial charge in [0.15, 0.2) is 0 Å². The third-order valence-corrected chi connectivity index (χ3v) is 4.76. The number of hydrogen-bond donors (Lipinski definition) is 1. The van der Waals surface area contributed by atoms with Gasteiger partial charge in [0, 0.05) is 35.2 Å². The molecule has 5 heteroatoms. The van der Waals surface area contributed by atoms with Gasteiger partial charge in [-0.05, 0) is 44.0 Å². The van der Waals surface area contributed by atoms with Gasteiger partial charge in [-0.25, -0.2) is 0 Å². The molecule has 20 heavy (non-hydrogen) atoms. The van der Waals surface area contributed by atoms with Crippen LogP contribution in [0.5, 0.6) is 0 Å². The van der Waals surface area contributed by atoms with Crippen molar-refractivity contribution in [1.82, 2.24) is 4.90 Å². The summed E-state index contributed by atoms with van der Waals surface area (Å²) in [7, 11) is 2.11. The van der Waals surface area contributed by atoms with Crippen LogP contribution in [0.2, 0.25) is 5.02 Å². The molecular weight excluding hydrogens is 340 g/mol. The lowest BCUT2D eigenvalue weighted by atomic mass is 10.0. The molecule has 3 nitrogen and oxygen atoms in total. The van der Waals surface area contributed by atoms with E-state index in [2.05, 4.69) is 27.9 Å². The molecule has 0 aromatic heterocycles. The smallest absolute Gasteiger partial charge is 0.0702 e.